The molecule has 5 heterocycles. The third kappa shape index (κ3) is 9.65. The Morgan fingerprint density at radius 3 is 2.29 bits per heavy atom. The van der Waals surface area contributed by atoms with Gasteiger partial charge in [-0.15, -0.1) is 0 Å². The Labute approximate surface area is 367 Å². The van der Waals surface area contributed by atoms with Crippen LogP contribution in [-0.2, 0) is 38.0 Å². The molecule has 1 aromatic carbocycles. The van der Waals surface area contributed by atoms with Crippen LogP contribution in [0.25, 0.3) is 0 Å². The van der Waals surface area contributed by atoms with E-state index in [0.717, 1.165) is 24.8 Å². The van der Waals surface area contributed by atoms with Gasteiger partial charge >= 0.3 is 12.1 Å². The van der Waals surface area contributed by atoms with E-state index < -0.39 is 65.2 Å². The summed E-state index contributed by atoms with van der Waals surface area (Å²) in [5.41, 5.74) is -0.332. The Kier molecular flexibility index (Phi) is 15.2. The summed E-state index contributed by atoms with van der Waals surface area (Å²) in [5.74, 6) is -4.96. The number of alkyl carbamates (subject to hydrolysis) is 1. The van der Waals surface area contributed by atoms with E-state index in [1.165, 1.54) is 7.11 Å². The summed E-state index contributed by atoms with van der Waals surface area (Å²) in [6.07, 6.45) is 0.955. The van der Waals surface area contributed by atoms with Gasteiger partial charge in [0, 0.05) is 67.3 Å². The Morgan fingerprint density at radius 2 is 1.64 bits per heavy atom. The van der Waals surface area contributed by atoms with Gasteiger partial charge in [0.2, 0.25) is 5.79 Å². The van der Waals surface area contributed by atoms with Gasteiger partial charge in [-0.3, -0.25) is 4.79 Å². The van der Waals surface area contributed by atoms with Crippen LogP contribution in [0, 0.1) is 35.5 Å². The second-order valence-corrected chi connectivity index (χ2v) is 18.9. The number of nitrogens with one attached hydrogen (secondary N) is 1. The van der Waals surface area contributed by atoms with Crippen molar-refractivity contribution in [2.75, 3.05) is 13.7 Å². The molecule has 5 aliphatic heterocycles. The first-order valence-electron chi connectivity index (χ1n) is 21.3. The Balaban J connectivity index is 0.00000641. The number of hydrogen-bond acceptors (Lipinski definition) is 11. The molecule has 0 saturated carbocycles. The smallest absolute Gasteiger partial charge is 0.407 e. The van der Waals surface area contributed by atoms with Gasteiger partial charge in [-0.25, -0.2) is 4.79 Å². The van der Waals surface area contributed by atoms with E-state index in [1.54, 1.807) is 6.92 Å². The summed E-state index contributed by atoms with van der Waals surface area (Å²) in [4.78, 5) is 24.7. The van der Waals surface area contributed by atoms with Gasteiger partial charge in [0.15, 0.2) is 5.79 Å². The van der Waals surface area contributed by atoms with E-state index >= 15 is 0 Å². The summed E-state index contributed by atoms with van der Waals surface area (Å²) < 4.78 is 45.3. The summed E-state index contributed by atoms with van der Waals surface area (Å²) in [5, 5.41) is 35.7. The van der Waals surface area contributed by atoms with E-state index in [4.69, 9.17) is 33.2 Å². The Bertz CT molecular complexity index is 1560. The van der Waals surface area contributed by atoms with E-state index in [1.807, 2.05) is 58.0 Å². The number of carboxylic acid groups (broad SMARTS) is 1. The molecule has 6 rings (SSSR count). The molecule has 0 bridgehead atoms. The maximum atomic E-state index is 12.8. The van der Waals surface area contributed by atoms with Crippen molar-refractivity contribution in [3.63, 3.8) is 0 Å². The van der Waals surface area contributed by atoms with E-state index in [2.05, 4.69) is 33.0 Å². The fraction of sp³-hybridized carbons (Fsp3) is 0.818. The average Bonchev–Trinajstić information content (AvgIpc) is 3.87. The number of ether oxygens (including phenoxy) is 7. The topological polar surface area (TPSA) is 171 Å². The van der Waals surface area contributed by atoms with Crippen molar-refractivity contribution >= 4 is 41.6 Å². The standard InChI is InChI=1S/C44H69NO12.Na/c1-24-20-26(3)44(50,23-52-40(49)45-30(7)31-14-12-11-13-15-31)56-35(24)33-21-25(2)38(53-33)42(9)17-16-34(54-42)41(8)18-19-43(57-41)22-32(46)27(4)37(55-43)28(5)36(51-10)29(6)39(47)48;/h11-15,24-30,32-38,46,50H,16-23H2,1-10H3,(H,45,49)(H,47,48);. The van der Waals surface area contributed by atoms with Crippen LogP contribution in [0.3, 0.4) is 0 Å². The summed E-state index contributed by atoms with van der Waals surface area (Å²) in [6.45, 7) is 17.5. The first-order valence-corrected chi connectivity index (χ1v) is 21.3. The number of aliphatic hydroxyl groups is 2. The van der Waals surface area contributed by atoms with Crippen molar-refractivity contribution < 1.29 is 58.1 Å². The summed E-state index contributed by atoms with van der Waals surface area (Å²) in [7, 11) is 1.52. The first-order chi connectivity index (χ1) is 26.7. The van der Waals surface area contributed by atoms with Crippen LogP contribution in [0.4, 0.5) is 4.79 Å². The van der Waals surface area contributed by atoms with Gasteiger partial charge in [-0.05, 0) is 77.2 Å². The predicted octanol–water partition coefficient (Wildman–Crippen LogP) is 6.00. The fourth-order valence-electron chi connectivity index (χ4n) is 10.8. The van der Waals surface area contributed by atoms with Crippen molar-refractivity contribution in [2.45, 2.75) is 179 Å². The average molecular weight is 827 g/mol. The SMILES string of the molecule is COC(C(C)C(=O)O)C(C)C1OC2(CCC(C)(C3CCC(C)(C4OC(C5OC(O)(COC(=O)NC(C)c6ccccc6)C(C)CC5C)CC4C)O3)O2)CC(O)C1C.[Na]. The molecule has 1 amide bonds. The maximum absolute atomic E-state index is 12.8. The maximum Gasteiger partial charge on any atom is 0.407 e. The molecule has 0 aromatic heterocycles. The molecule has 1 aromatic rings. The summed E-state index contributed by atoms with van der Waals surface area (Å²) >= 11 is 0. The summed E-state index contributed by atoms with van der Waals surface area (Å²) in [6, 6.07) is 9.35. The van der Waals surface area contributed by atoms with Crippen LogP contribution >= 0.6 is 0 Å². The molecule has 1 radical (unpaired) electrons. The molecule has 5 aliphatic rings. The molecule has 5 fully saturated rings. The van der Waals surface area contributed by atoms with Crippen LogP contribution in [0.5, 0.6) is 0 Å². The van der Waals surface area contributed by atoms with Gasteiger partial charge in [0.25, 0.3) is 0 Å². The molecule has 58 heavy (non-hydrogen) atoms. The molecule has 4 N–H and O–H groups in total. The van der Waals surface area contributed by atoms with Gasteiger partial charge in [0.05, 0.1) is 65.9 Å². The number of carbonyl (C=O) groups is 2. The van der Waals surface area contributed by atoms with Crippen molar-refractivity contribution in [2.24, 2.45) is 35.5 Å². The molecule has 323 valence electrons. The van der Waals surface area contributed by atoms with Crippen LogP contribution in [0.1, 0.15) is 119 Å². The third-order valence-corrected chi connectivity index (χ3v) is 14.5. The Hall–Kier alpha value is -1.36. The second-order valence-electron chi connectivity index (χ2n) is 18.9. The molecule has 18 unspecified atom stereocenters. The largest absolute Gasteiger partial charge is 0.481 e. The van der Waals surface area contributed by atoms with Crippen molar-refractivity contribution in [1.82, 2.24) is 5.32 Å². The molecule has 14 heteroatoms. The Morgan fingerprint density at radius 1 is 0.948 bits per heavy atom. The minimum Gasteiger partial charge on any atom is -0.481 e. The predicted molar refractivity (Wildman–Crippen MR) is 216 cm³/mol. The first kappa shape index (κ1) is 47.7. The zero-order valence-electron chi connectivity index (χ0n) is 36.6. The zero-order valence-corrected chi connectivity index (χ0v) is 38.6. The van der Waals surface area contributed by atoms with E-state index in [0.29, 0.717) is 25.7 Å². The fourth-order valence-corrected chi connectivity index (χ4v) is 10.8. The monoisotopic (exact) mass is 826 g/mol. The van der Waals surface area contributed by atoms with Gasteiger partial charge in [0.1, 0.15) is 6.61 Å². The minimum absolute atomic E-state index is 0. The van der Waals surface area contributed by atoms with Crippen molar-refractivity contribution in [3.8, 4) is 0 Å². The molecule has 1 spiro atoms. The van der Waals surface area contributed by atoms with Crippen LogP contribution in [0.2, 0.25) is 0 Å². The third-order valence-electron chi connectivity index (χ3n) is 14.5. The normalized spacial score (nSPS) is 43.6. The molecule has 18 atom stereocenters. The van der Waals surface area contributed by atoms with Crippen LogP contribution < -0.4 is 5.32 Å². The number of carboxylic acids is 1. The van der Waals surface area contributed by atoms with Crippen molar-refractivity contribution in [3.05, 3.63) is 35.9 Å². The van der Waals surface area contributed by atoms with Crippen LogP contribution in [-0.4, -0.2) is 136 Å². The zero-order chi connectivity index (χ0) is 41.7. The number of hydrogen-bond donors (Lipinski definition) is 4. The van der Waals surface area contributed by atoms with Gasteiger partial charge in [-0.1, -0.05) is 65.0 Å². The number of amides is 1. The van der Waals surface area contributed by atoms with E-state index in [-0.39, 0.29) is 90.1 Å². The number of aliphatic carboxylic acids is 1. The second kappa shape index (κ2) is 18.5. The molecular weight excluding hydrogens is 757 g/mol. The van der Waals surface area contributed by atoms with Gasteiger partial charge < -0.3 is 53.8 Å². The number of benzene rings is 1. The van der Waals surface area contributed by atoms with Crippen molar-refractivity contribution in [1.29, 1.82) is 0 Å². The number of rotatable bonds is 12. The quantitative estimate of drug-likeness (QED) is 0.182. The van der Waals surface area contributed by atoms with Crippen LogP contribution in [0.15, 0.2) is 30.3 Å². The molecule has 0 aliphatic carbocycles. The number of aliphatic hydroxyl groups excluding tert-OH is 1. The number of methoxy groups -OCH3 is 1. The van der Waals surface area contributed by atoms with Gasteiger partial charge in [-0.2, -0.15) is 0 Å². The molecule has 13 nitrogen and oxygen atoms in total. The molecular formula is C44H69NNaO12. The molecule has 5 saturated heterocycles. The van der Waals surface area contributed by atoms with E-state index in [9.17, 15) is 24.9 Å². The number of carbonyl (C=O) groups excluding carboxylic acids is 1. The minimum atomic E-state index is -1.67.